The summed E-state index contributed by atoms with van der Waals surface area (Å²) in [7, 11) is 4.09. The molecule has 30 heavy (non-hydrogen) atoms. The summed E-state index contributed by atoms with van der Waals surface area (Å²) in [5.74, 6) is 0.284. The van der Waals surface area contributed by atoms with Crippen molar-refractivity contribution in [3.8, 4) is 0 Å². The Kier molecular flexibility index (Phi) is 5.33. The number of allylic oxidation sites excluding steroid dienone is 3. The van der Waals surface area contributed by atoms with Crippen molar-refractivity contribution < 1.29 is 0 Å². The van der Waals surface area contributed by atoms with Crippen LogP contribution in [0.2, 0.25) is 0 Å². The van der Waals surface area contributed by atoms with E-state index >= 15 is 0 Å². The van der Waals surface area contributed by atoms with Gasteiger partial charge in [-0.3, -0.25) is 9.79 Å². The number of anilines is 1. The van der Waals surface area contributed by atoms with Crippen molar-refractivity contribution in [1.82, 2.24) is 4.98 Å². The SMILES string of the molecule is C/C=C1\C2C=C(C)CC1(N=C/C=C/c1cccc(N(C)C)c1)c1ccc(=O)[nH]c1C2. The van der Waals surface area contributed by atoms with Crippen LogP contribution in [-0.4, -0.2) is 25.3 Å². The minimum atomic E-state index is -0.439. The Balaban J connectivity index is 1.73. The maximum Gasteiger partial charge on any atom is 0.248 e. The molecule has 4 heteroatoms. The summed E-state index contributed by atoms with van der Waals surface area (Å²) in [6.45, 7) is 4.28. The topological polar surface area (TPSA) is 48.5 Å². The number of rotatable bonds is 4. The predicted octanol–water partition coefficient (Wildman–Crippen LogP) is 4.89. The fraction of sp³-hybridized carbons (Fsp3) is 0.308. The van der Waals surface area contributed by atoms with Gasteiger partial charge < -0.3 is 9.88 Å². The molecule has 1 aromatic carbocycles. The molecule has 2 bridgehead atoms. The number of aromatic amines is 1. The summed E-state index contributed by atoms with van der Waals surface area (Å²) in [4.78, 5) is 22.2. The molecule has 4 nitrogen and oxygen atoms in total. The van der Waals surface area contributed by atoms with E-state index in [1.807, 2.05) is 32.5 Å². The summed E-state index contributed by atoms with van der Waals surface area (Å²) < 4.78 is 0. The molecule has 1 aromatic heterocycles. The summed E-state index contributed by atoms with van der Waals surface area (Å²) in [5.41, 5.74) is 6.64. The first-order valence-electron chi connectivity index (χ1n) is 10.5. The number of benzene rings is 1. The van der Waals surface area contributed by atoms with E-state index in [1.165, 1.54) is 16.8 Å². The van der Waals surface area contributed by atoms with Crippen LogP contribution in [0.3, 0.4) is 0 Å². The van der Waals surface area contributed by atoms with Crippen LogP contribution < -0.4 is 10.5 Å². The Morgan fingerprint density at radius 2 is 2.07 bits per heavy atom. The van der Waals surface area contributed by atoms with Crippen molar-refractivity contribution in [1.29, 1.82) is 0 Å². The second kappa shape index (κ2) is 7.94. The Labute approximate surface area is 178 Å². The van der Waals surface area contributed by atoms with Gasteiger partial charge in [-0.2, -0.15) is 0 Å². The second-order valence-corrected chi connectivity index (χ2v) is 8.45. The van der Waals surface area contributed by atoms with Gasteiger partial charge in [0.2, 0.25) is 5.56 Å². The van der Waals surface area contributed by atoms with E-state index in [2.05, 4.69) is 66.2 Å². The lowest BCUT2D eigenvalue weighted by Gasteiger charge is -2.45. The highest BCUT2D eigenvalue weighted by Crippen LogP contribution is 2.51. The predicted molar refractivity (Wildman–Crippen MR) is 126 cm³/mol. The van der Waals surface area contributed by atoms with Crippen LogP contribution >= 0.6 is 0 Å². The van der Waals surface area contributed by atoms with Crippen molar-refractivity contribution in [3.63, 3.8) is 0 Å². The highest BCUT2D eigenvalue weighted by Gasteiger charge is 2.46. The van der Waals surface area contributed by atoms with Gasteiger partial charge in [-0.25, -0.2) is 0 Å². The van der Waals surface area contributed by atoms with Crippen LogP contribution in [0.1, 0.15) is 37.1 Å². The molecule has 154 valence electrons. The number of nitrogens with zero attached hydrogens (tertiary/aromatic N) is 2. The number of hydrogen-bond donors (Lipinski definition) is 1. The maximum atomic E-state index is 11.9. The van der Waals surface area contributed by atoms with E-state index in [-0.39, 0.29) is 11.5 Å². The van der Waals surface area contributed by atoms with E-state index in [9.17, 15) is 4.79 Å². The lowest BCUT2D eigenvalue weighted by atomic mass is 9.63. The molecule has 1 N–H and O–H groups in total. The standard InChI is InChI=1S/C26H29N3O/c1-5-22-20-14-18(2)17-26(22,23-11-12-25(30)28-24(23)16-20)27-13-7-9-19-8-6-10-21(15-19)29(3)4/h5-15,20H,16-17H2,1-4H3,(H,28,30)/b9-7+,22-5+,27-13?. The molecule has 0 spiro atoms. The number of hydrogen-bond acceptors (Lipinski definition) is 3. The minimum Gasteiger partial charge on any atom is -0.378 e. The molecule has 0 radical (unpaired) electrons. The van der Waals surface area contributed by atoms with Crippen LogP contribution in [0.4, 0.5) is 5.69 Å². The number of fused-ring (bicyclic) bond motifs is 4. The van der Waals surface area contributed by atoms with Gasteiger partial charge in [0.1, 0.15) is 5.54 Å². The Bertz CT molecular complexity index is 1130. The normalized spacial score (nSPS) is 24.3. The first kappa shape index (κ1) is 20.1. The molecule has 0 amide bonds. The molecule has 0 aliphatic heterocycles. The van der Waals surface area contributed by atoms with Crippen LogP contribution in [0.5, 0.6) is 0 Å². The van der Waals surface area contributed by atoms with Gasteiger partial charge in [-0.15, -0.1) is 0 Å². The zero-order valence-electron chi connectivity index (χ0n) is 18.1. The molecule has 2 atom stereocenters. The highest BCUT2D eigenvalue weighted by molar-refractivity contribution is 5.80. The summed E-state index contributed by atoms with van der Waals surface area (Å²) >= 11 is 0. The average molecular weight is 400 g/mol. The summed E-state index contributed by atoms with van der Waals surface area (Å²) in [5, 5.41) is 0. The van der Waals surface area contributed by atoms with Crippen molar-refractivity contribution in [3.05, 3.63) is 92.9 Å². The fourth-order valence-corrected chi connectivity index (χ4v) is 4.88. The molecule has 2 aliphatic rings. The zero-order chi connectivity index (χ0) is 21.3. The van der Waals surface area contributed by atoms with Crippen molar-refractivity contribution in [2.24, 2.45) is 10.9 Å². The minimum absolute atomic E-state index is 0.0451. The van der Waals surface area contributed by atoms with E-state index in [0.717, 1.165) is 29.7 Å². The van der Waals surface area contributed by atoms with Gasteiger partial charge in [-0.1, -0.05) is 35.9 Å². The first-order valence-corrected chi connectivity index (χ1v) is 10.5. The number of nitrogens with one attached hydrogen (secondary N) is 1. The van der Waals surface area contributed by atoms with Crippen LogP contribution in [0, 0.1) is 5.92 Å². The quantitative estimate of drug-likeness (QED) is 0.588. The van der Waals surface area contributed by atoms with E-state index in [1.54, 1.807) is 6.07 Å². The van der Waals surface area contributed by atoms with E-state index in [0.29, 0.717) is 0 Å². The van der Waals surface area contributed by atoms with E-state index < -0.39 is 5.54 Å². The number of H-pyrrole nitrogens is 1. The molecule has 2 aromatic rings. The summed E-state index contributed by atoms with van der Waals surface area (Å²) in [6, 6.07) is 12.0. The number of aromatic nitrogens is 1. The monoisotopic (exact) mass is 399 g/mol. The molecule has 4 rings (SSSR count). The maximum absolute atomic E-state index is 11.9. The molecule has 0 fully saturated rings. The molecular formula is C26H29N3O. The van der Waals surface area contributed by atoms with Crippen LogP contribution in [0.15, 0.2) is 75.6 Å². The third kappa shape index (κ3) is 3.58. The molecule has 2 aliphatic carbocycles. The van der Waals surface area contributed by atoms with Gasteiger partial charge in [0.05, 0.1) is 0 Å². The average Bonchev–Trinajstić information content (AvgIpc) is 2.70. The van der Waals surface area contributed by atoms with Crippen LogP contribution in [0.25, 0.3) is 6.08 Å². The molecule has 2 unspecified atom stereocenters. The fourth-order valence-electron chi connectivity index (χ4n) is 4.88. The lowest BCUT2D eigenvalue weighted by molar-refractivity contribution is 0.413. The molecule has 0 saturated carbocycles. The van der Waals surface area contributed by atoms with Gasteiger partial charge in [0, 0.05) is 55.7 Å². The molecular weight excluding hydrogens is 370 g/mol. The van der Waals surface area contributed by atoms with Crippen LogP contribution in [-0.2, 0) is 12.0 Å². The smallest absolute Gasteiger partial charge is 0.248 e. The van der Waals surface area contributed by atoms with Gasteiger partial charge >= 0.3 is 0 Å². The van der Waals surface area contributed by atoms with Gasteiger partial charge in [0.25, 0.3) is 0 Å². The number of pyridine rings is 1. The Hall–Kier alpha value is -3.14. The van der Waals surface area contributed by atoms with Crippen molar-refractivity contribution >= 4 is 18.0 Å². The number of aliphatic imine (C=N–C) groups is 1. The van der Waals surface area contributed by atoms with Gasteiger partial charge in [0.15, 0.2) is 0 Å². The second-order valence-electron chi connectivity index (χ2n) is 8.45. The molecule has 0 saturated heterocycles. The Morgan fingerprint density at radius 3 is 2.83 bits per heavy atom. The highest BCUT2D eigenvalue weighted by atomic mass is 16.1. The molecule has 1 heterocycles. The lowest BCUT2D eigenvalue weighted by Crippen LogP contribution is -2.40. The zero-order valence-corrected chi connectivity index (χ0v) is 18.1. The van der Waals surface area contributed by atoms with E-state index in [4.69, 9.17) is 4.99 Å². The largest absolute Gasteiger partial charge is 0.378 e. The third-order valence-electron chi connectivity index (χ3n) is 6.13. The Morgan fingerprint density at radius 1 is 1.23 bits per heavy atom. The summed E-state index contributed by atoms with van der Waals surface area (Å²) in [6.07, 6.45) is 12.2. The third-order valence-corrected chi connectivity index (χ3v) is 6.13. The van der Waals surface area contributed by atoms with Crippen molar-refractivity contribution in [2.75, 3.05) is 19.0 Å². The van der Waals surface area contributed by atoms with Crippen molar-refractivity contribution in [2.45, 2.75) is 32.2 Å². The first-order chi connectivity index (χ1) is 14.4. The van der Waals surface area contributed by atoms with Gasteiger partial charge in [-0.05, 0) is 55.7 Å².